The summed E-state index contributed by atoms with van der Waals surface area (Å²) >= 11 is 1.60. The highest BCUT2D eigenvalue weighted by atomic mass is 32.2. The molecule has 0 atom stereocenters. The monoisotopic (exact) mass is 317 g/mol. The van der Waals surface area contributed by atoms with E-state index in [1.54, 1.807) is 18.0 Å². The van der Waals surface area contributed by atoms with Gasteiger partial charge in [0.25, 0.3) is 0 Å². The quantitative estimate of drug-likeness (QED) is 0.942. The number of hydrogen-bond acceptors (Lipinski definition) is 4. The van der Waals surface area contributed by atoms with Gasteiger partial charge in [-0.1, -0.05) is 11.8 Å². The molecule has 2 heterocycles. The van der Waals surface area contributed by atoms with Gasteiger partial charge in [-0.2, -0.15) is 0 Å². The van der Waals surface area contributed by atoms with E-state index in [0.29, 0.717) is 13.2 Å². The Morgan fingerprint density at radius 3 is 2.68 bits per heavy atom. The van der Waals surface area contributed by atoms with Crippen LogP contribution >= 0.6 is 11.8 Å². The first kappa shape index (κ1) is 15.1. The topological polar surface area (TPSA) is 56.2 Å². The van der Waals surface area contributed by atoms with Crippen molar-refractivity contribution in [3.63, 3.8) is 0 Å². The molecule has 1 aromatic heterocycles. The molecule has 116 valence electrons. The van der Waals surface area contributed by atoms with Crippen LogP contribution in [0.2, 0.25) is 0 Å². The summed E-state index contributed by atoms with van der Waals surface area (Å²) in [5.74, 6) is 0.156. The largest absolute Gasteiger partial charge is 0.381 e. The van der Waals surface area contributed by atoms with E-state index in [4.69, 9.17) is 4.74 Å². The van der Waals surface area contributed by atoms with Crippen molar-refractivity contribution < 1.29 is 9.53 Å². The molecule has 0 saturated carbocycles. The highest BCUT2D eigenvalue weighted by molar-refractivity contribution is 7.99. The molecule has 0 bridgehead atoms. The summed E-state index contributed by atoms with van der Waals surface area (Å²) < 4.78 is 7.26. The van der Waals surface area contributed by atoms with Crippen LogP contribution in [0.4, 0.5) is 5.69 Å². The molecule has 22 heavy (non-hydrogen) atoms. The van der Waals surface area contributed by atoms with Crippen LogP contribution in [0.25, 0.3) is 0 Å². The third-order valence-electron chi connectivity index (χ3n) is 3.70. The van der Waals surface area contributed by atoms with Gasteiger partial charge in [-0.15, -0.1) is 0 Å². The second-order valence-electron chi connectivity index (χ2n) is 5.32. The minimum Gasteiger partial charge on any atom is -0.381 e. The van der Waals surface area contributed by atoms with Crippen LogP contribution in [0.15, 0.2) is 46.7 Å². The van der Waals surface area contributed by atoms with E-state index in [0.717, 1.165) is 28.6 Å². The Morgan fingerprint density at radius 2 is 2.05 bits per heavy atom. The summed E-state index contributed by atoms with van der Waals surface area (Å²) in [6.45, 7) is 1.36. The summed E-state index contributed by atoms with van der Waals surface area (Å²) in [7, 11) is 1.97. The Morgan fingerprint density at radius 1 is 1.32 bits per heavy atom. The summed E-state index contributed by atoms with van der Waals surface area (Å²) in [5, 5.41) is 3.93. The number of anilines is 1. The lowest BCUT2D eigenvalue weighted by atomic mass is 9.99. The third kappa shape index (κ3) is 3.69. The first-order chi connectivity index (χ1) is 10.7. The van der Waals surface area contributed by atoms with Gasteiger partial charge < -0.3 is 14.6 Å². The molecule has 2 aromatic rings. The fourth-order valence-electron chi connectivity index (χ4n) is 2.37. The fourth-order valence-corrected chi connectivity index (χ4v) is 3.17. The average Bonchev–Trinajstić information content (AvgIpc) is 2.95. The highest BCUT2D eigenvalue weighted by Gasteiger charge is 2.21. The Balaban J connectivity index is 1.59. The van der Waals surface area contributed by atoms with Gasteiger partial charge in [-0.3, -0.25) is 4.79 Å². The lowest BCUT2D eigenvalue weighted by Crippen LogP contribution is -2.28. The number of nitrogens with one attached hydrogen (secondary N) is 1. The summed E-state index contributed by atoms with van der Waals surface area (Å²) in [6, 6.07) is 7.86. The number of imidazole rings is 1. The van der Waals surface area contributed by atoms with E-state index < -0.39 is 0 Å². The van der Waals surface area contributed by atoms with Crippen LogP contribution in [0.1, 0.15) is 12.8 Å². The van der Waals surface area contributed by atoms with Crippen molar-refractivity contribution in [3.05, 3.63) is 36.7 Å². The molecule has 0 unspecified atom stereocenters. The Bertz CT molecular complexity index is 633. The number of benzene rings is 1. The van der Waals surface area contributed by atoms with E-state index in [-0.39, 0.29) is 11.8 Å². The molecule has 0 radical (unpaired) electrons. The predicted molar refractivity (Wildman–Crippen MR) is 85.9 cm³/mol. The molecular weight excluding hydrogens is 298 g/mol. The maximum absolute atomic E-state index is 12.2. The molecule has 1 aliphatic heterocycles. The normalized spacial score (nSPS) is 15.7. The molecule has 1 aliphatic rings. The van der Waals surface area contributed by atoms with E-state index in [1.807, 2.05) is 42.1 Å². The van der Waals surface area contributed by atoms with Gasteiger partial charge in [-0.25, -0.2) is 4.98 Å². The minimum absolute atomic E-state index is 0.0652. The van der Waals surface area contributed by atoms with Crippen molar-refractivity contribution in [2.45, 2.75) is 22.9 Å². The standard InChI is InChI=1S/C16H19N3O2S/c1-19-9-8-17-16(19)22-14-4-2-13(3-5-14)18-15(20)12-6-10-21-11-7-12/h2-5,8-9,12H,6-7,10-11H2,1H3,(H,18,20). The molecule has 6 heteroatoms. The number of amides is 1. The van der Waals surface area contributed by atoms with E-state index in [2.05, 4.69) is 10.3 Å². The number of ether oxygens (including phenoxy) is 1. The van der Waals surface area contributed by atoms with E-state index in [9.17, 15) is 4.79 Å². The zero-order valence-corrected chi connectivity index (χ0v) is 13.3. The van der Waals surface area contributed by atoms with Crippen molar-refractivity contribution in [3.8, 4) is 0 Å². The lowest BCUT2D eigenvalue weighted by Gasteiger charge is -2.21. The Labute approximate surface area is 134 Å². The molecule has 5 nitrogen and oxygen atoms in total. The highest BCUT2D eigenvalue weighted by Crippen LogP contribution is 2.27. The summed E-state index contributed by atoms with van der Waals surface area (Å²) in [6.07, 6.45) is 5.31. The number of carbonyl (C=O) groups is 1. The van der Waals surface area contributed by atoms with Crippen molar-refractivity contribution in [1.29, 1.82) is 0 Å². The molecule has 1 saturated heterocycles. The summed E-state index contributed by atoms with van der Waals surface area (Å²) in [4.78, 5) is 17.6. The van der Waals surface area contributed by atoms with Gasteiger partial charge in [0.15, 0.2) is 5.16 Å². The van der Waals surface area contributed by atoms with Crippen molar-refractivity contribution in [2.75, 3.05) is 18.5 Å². The molecular formula is C16H19N3O2S. The number of carbonyl (C=O) groups excluding carboxylic acids is 1. The van der Waals surface area contributed by atoms with Crippen LogP contribution in [-0.2, 0) is 16.6 Å². The molecule has 1 amide bonds. The van der Waals surface area contributed by atoms with Crippen molar-refractivity contribution in [1.82, 2.24) is 9.55 Å². The molecule has 0 aliphatic carbocycles. The number of hydrogen-bond donors (Lipinski definition) is 1. The minimum atomic E-state index is 0.0652. The zero-order chi connectivity index (χ0) is 15.4. The first-order valence-corrected chi connectivity index (χ1v) is 8.18. The van der Waals surface area contributed by atoms with E-state index >= 15 is 0 Å². The molecule has 1 N–H and O–H groups in total. The van der Waals surface area contributed by atoms with Gasteiger partial charge in [0.2, 0.25) is 5.91 Å². The van der Waals surface area contributed by atoms with Crippen LogP contribution in [0, 0.1) is 5.92 Å². The number of aromatic nitrogens is 2. The smallest absolute Gasteiger partial charge is 0.227 e. The molecule has 1 aromatic carbocycles. The predicted octanol–water partition coefficient (Wildman–Crippen LogP) is 2.94. The maximum Gasteiger partial charge on any atom is 0.227 e. The Hall–Kier alpha value is -1.79. The van der Waals surface area contributed by atoms with Crippen molar-refractivity contribution in [2.24, 2.45) is 13.0 Å². The SMILES string of the molecule is Cn1ccnc1Sc1ccc(NC(=O)C2CCOCC2)cc1. The van der Waals surface area contributed by atoms with Crippen molar-refractivity contribution >= 4 is 23.4 Å². The second-order valence-corrected chi connectivity index (χ2v) is 6.36. The van der Waals surface area contributed by atoms with E-state index in [1.165, 1.54) is 0 Å². The second kappa shape index (κ2) is 6.98. The molecule has 0 spiro atoms. The first-order valence-electron chi connectivity index (χ1n) is 7.36. The van der Waals surface area contributed by atoms with Gasteiger partial charge in [0.05, 0.1) is 0 Å². The zero-order valence-electron chi connectivity index (χ0n) is 12.5. The van der Waals surface area contributed by atoms with Gasteiger partial charge >= 0.3 is 0 Å². The molecule has 3 rings (SSSR count). The fraction of sp³-hybridized carbons (Fsp3) is 0.375. The van der Waals surface area contributed by atoms with Gasteiger partial charge in [-0.05, 0) is 37.1 Å². The lowest BCUT2D eigenvalue weighted by molar-refractivity contribution is -0.122. The summed E-state index contributed by atoms with van der Waals surface area (Å²) in [5.41, 5.74) is 0.834. The van der Waals surface area contributed by atoms with Gasteiger partial charge in [0, 0.05) is 49.2 Å². The number of nitrogens with zero attached hydrogens (tertiary/aromatic N) is 2. The van der Waals surface area contributed by atoms with Crippen LogP contribution in [0.5, 0.6) is 0 Å². The van der Waals surface area contributed by atoms with Crippen LogP contribution in [-0.4, -0.2) is 28.7 Å². The van der Waals surface area contributed by atoms with Crippen LogP contribution in [0.3, 0.4) is 0 Å². The maximum atomic E-state index is 12.2. The average molecular weight is 317 g/mol. The molecule has 1 fully saturated rings. The van der Waals surface area contributed by atoms with Gasteiger partial charge in [0.1, 0.15) is 0 Å². The number of rotatable bonds is 4. The third-order valence-corrected chi connectivity index (χ3v) is 4.78. The van der Waals surface area contributed by atoms with Crippen LogP contribution < -0.4 is 5.32 Å². The Kier molecular flexibility index (Phi) is 4.80. The number of aryl methyl sites for hydroxylation is 1.